The van der Waals surface area contributed by atoms with Gasteiger partial charge in [-0.2, -0.15) is 23.3 Å². The second-order valence-corrected chi connectivity index (χ2v) is 6.15. The van der Waals surface area contributed by atoms with Gasteiger partial charge in [0.1, 0.15) is 11.6 Å². The van der Waals surface area contributed by atoms with Crippen LogP contribution < -0.4 is 16.4 Å². The molecule has 30 heavy (non-hydrogen) atoms. The van der Waals surface area contributed by atoms with Crippen LogP contribution >= 0.6 is 0 Å². The maximum absolute atomic E-state index is 14.1. The minimum Gasteiger partial charge on any atom is -0.365 e. The molecule has 1 aromatic carbocycles. The Morgan fingerprint density at radius 3 is 2.67 bits per heavy atom. The molecule has 0 bridgehead atoms. The lowest BCUT2D eigenvalue weighted by molar-refractivity contribution is -0.138. The number of alkyl halides is 3. The van der Waals surface area contributed by atoms with Crippen molar-refractivity contribution in [1.29, 1.82) is 0 Å². The summed E-state index contributed by atoms with van der Waals surface area (Å²) in [5.74, 6) is -2.04. The summed E-state index contributed by atoms with van der Waals surface area (Å²) < 4.78 is 55.3. The summed E-state index contributed by atoms with van der Waals surface area (Å²) in [4.78, 5) is 19.7. The maximum atomic E-state index is 14.1. The van der Waals surface area contributed by atoms with Gasteiger partial charge in [0.25, 0.3) is 5.91 Å². The first-order chi connectivity index (χ1) is 14.2. The summed E-state index contributed by atoms with van der Waals surface area (Å²) in [6.45, 7) is 1.96. The summed E-state index contributed by atoms with van der Waals surface area (Å²) in [5.41, 5.74) is 3.95. The molecule has 0 aliphatic heterocycles. The van der Waals surface area contributed by atoms with Crippen LogP contribution in [-0.2, 0) is 19.3 Å². The number of carbonyl (C=O) groups excluding carboxylic acids is 1. The van der Waals surface area contributed by atoms with Crippen LogP contribution in [0.3, 0.4) is 0 Å². The molecular formula is C18H17F4N7O. The van der Waals surface area contributed by atoms with Crippen LogP contribution in [0.25, 0.3) is 0 Å². The number of rotatable bonds is 7. The Labute approximate surface area is 168 Å². The van der Waals surface area contributed by atoms with Gasteiger partial charge in [0.05, 0.1) is 23.0 Å². The molecule has 3 aromatic rings. The molecule has 2 heterocycles. The summed E-state index contributed by atoms with van der Waals surface area (Å²) >= 11 is 0. The molecule has 3 rings (SSSR count). The van der Waals surface area contributed by atoms with Crippen molar-refractivity contribution in [2.45, 2.75) is 26.2 Å². The Balaban J connectivity index is 1.89. The predicted molar refractivity (Wildman–Crippen MR) is 100 cm³/mol. The van der Waals surface area contributed by atoms with Gasteiger partial charge in [-0.3, -0.25) is 9.48 Å². The summed E-state index contributed by atoms with van der Waals surface area (Å²) in [7, 11) is 0. The van der Waals surface area contributed by atoms with Crippen molar-refractivity contribution in [1.82, 2.24) is 19.7 Å². The normalized spacial score (nSPS) is 11.4. The molecular weight excluding hydrogens is 406 g/mol. The first-order valence-electron chi connectivity index (χ1n) is 8.73. The molecule has 0 aliphatic carbocycles. The molecule has 12 heteroatoms. The number of aromatic nitrogens is 4. The van der Waals surface area contributed by atoms with Crippen molar-refractivity contribution < 1.29 is 22.4 Å². The SMILES string of the molecule is CCn1cc(Nc2ncc(C(N)=O)c(NCc3c(F)cccc3C(F)(F)F)n2)cn1. The van der Waals surface area contributed by atoms with Gasteiger partial charge < -0.3 is 16.4 Å². The fourth-order valence-electron chi connectivity index (χ4n) is 2.66. The third-order valence-electron chi connectivity index (χ3n) is 4.12. The van der Waals surface area contributed by atoms with Crippen molar-refractivity contribution in [2.24, 2.45) is 5.73 Å². The topological polar surface area (TPSA) is 111 Å². The van der Waals surface area contributed by atoms with E-state index in [0.717, 1.165) is 24.4 Å². The largest absolute Gasteiger partial charge is 0.416 e. The van der Waals surface area contributed by atoms with Gasteiger partial charge in [-0.25, -0.2) is 9.37 Å². The van der Waals surface area contributed by atoms with Crippen molar-refractivity contribution in [3.05, 3.63) is 59.3 Å². The van der Waals surface area contributed by atoms with E-state index >= 15 is 0 Å². The number of nitrogens with two attached hydrogens (primary N) is 1. The first-order valence-corrected chi connectivity index (χ1v) is 8.73. The number of primary amides is 1. The molecule has 0 aliphatic rings. The first kappa shape index (κ1) is 21.0. The minimum atomic E-state index is -4.75. The number of hydrogen-bond donors (Lipinski definition) is 3. The average molecular weight is 423 g/mol. The highest BCUT2D eigenvalue weighted by Gasteiger charge is 2.34. The van der Waals surface area contributed by atoms with E-state index in [4.69, 9.17) is 5.73 Å². The second kappa shape index (κ2) is 8.35. The molecule has 0 radical (unpaired) electrons. The predicted octanol–water partition coefficient (Wildman–Crippen LogP) is 3.31. The van der Waals surface area contributed by atoms with Crippen molar-refractivity contribution in [3.63, 3.8) is 0 Å². The number of anilines is 3. The number of benzene rings is 1. The quantitative estimate of drug-likeness (QED) is 0.503. The lowest BCUT2D eigenvalue weighted by Gasteiger charge is -2.15. The van der Waals surface area contributed by atoms with Crippen LogP contribution in [0.1, 0.15) is 28.4 Å². The van der Waals surface area contributed by atoms with Gasteiger partial charge in [-0.05, 0) is 19.1 Å². The molecule has 4 N–H and O–H groups in total. The van der Waals surface area contributed by atoms with Crippen LogP contribution in [-0.4, -0.2) is 25.7 Å². The van der Waals surface area contributed by atoms with Crippen LogP contribution in [0.5, 0.6) is 0 Å². The monoisotopic (exact) mass is 423 g/mol. The van der Waals surface area contributed by atoms with Gasteiger partial charge in [0, 0.05) is 31.0 Å². The number of aryl methyl sites for hydroxylation is 1. The van der Waals surface area contributed by atoms with Crippen LogP contribution in [0.4, 0.5) is 35.0 Å². The molecule has 0 unspecified atom stereocenters. The molecule has 2 aromatic heterocycles. The Kier molecular flexibility index (Phi) is 5.85. The molecule has 8 nitrogen and oxygen atoms in total. The highest BCUT2D eigenvalue weighted by Crippen LogP contribution is 2.33. The van der Waals surface area contributed by atoms with Gasteiger partial charge in [-0.1, -0.05) is 6.07 Å². The van der Waals surface area contributed by atoms with E-state index in [0.29, 0.717) is 12.2 Å². The molecule has 0 spiro atoms. The van der Waals surface area contributed by atoms with Gasteiger partial charge in [-0.15, -0.1) is 0 Å². The van der Waals surface area contributed by atoms with E-state index in [-0.39, 0.29) is 17.3 Å². The fraction of sp³-hybridized carbons (Fsp3) is 0.222. The number of hydrogen-bond acceptors (Lipinski definition) is 6. The summed E-state index contributed by atoms with van der Waals surface area (Å²) in [6, 6.07) is 2.66. The number of halogens is 4. The standard InChI is InChI=1S/C18H17F4N7O/c1-2-29-9-10(6-26-29)27-17-25-8-12(15(23)30)16(28-17)24-7-11-13(18(20,21)22)4-3-5-14(11)19/h3-6,8-9H,2,7H2,1H3,(H2,23,30)(H2,24,25,27,28). The van der Waals surface area contributed by atoms with E-state index in [1.165, 1.54) is 6.20 Å². The highest BCUT2D eigenvalue weighted by molar-refractivity contribution is 5.97. The maximum Gasteiger partial charge on any atom is 0.416 e. The number of amides is 1. The molecule has 158 valence electrons. The Morgan fingerprint density at radius 1 is 1.27 bits per heavy atom. The van der Waals surface area contributed by atoms with E-state index in [1.54, 1.807) is 10.9 Å². The van der Waals surface area contributed by atoms with Crippen LogP contribution in [0.15, 0.2) is 36.8 Å². The van der Waals surface area contributed by atoms with Gasteiger partial charge >= 0.3 is 6.18 Å². The van der Waals surface area contributed by atoms with Crippen LogP contribution in [0, 0.1) is 5.82 Å². The molecule has 0 fully saturated rings. The highest BCUT2D eigenvalue weighted by atomic mass is 19.4. The molecule has 0 atom stereocenters. The number of nitrogens with one attached hydrogen (secondary N) is 2. The van der Waals surface area contributed by atoms with E-state index in [2.05, 4.69) is 25.7 Å². The Bertz CT molecular complexity index is 1060. The van der Waals surface area contributed by atoms with Crippen LogP contribution in [0.2, 0.25) is 0 Å². The number of carbonyl (C=O) groups is 1. The average Bonchev–Trinajstić information content (AvgIpc) is 3.13. The van der Waals surface area contributed by atoms with Gasteiger partial charge in [0.2, 0.25) is 5.95 Å². The zero-order valence-electron chi connectivity index (χ0n) is 15.7. The summed E-state index contributed by atoms with van der Waals surface area (Å²) in [5, 5.41) is 9.49. The van der Waals surface area contributed by atoms with E-state index in [9.17, 15) is 22.4 Å². The lowest BCUT2D eigenvalue weighted by Crippen LogP contribution is -2.18. The van der Waals surface area contributed by atoms with Gasteiger partial charge in [0.15, 0.2) is 0 Å². The third-order valence-corrected chi connectivity index (χ3v) is 4.12. The zero-order chi connectivity index (χ0) is 21.9. The third kappa shape index (κ3) is 4.64. The van der Waals surface area contributed by atoms with E-state index < -0.39 is 35.6 Å². The fourth-order valence-corrected chi connectivity index (χ4v) is 2.66. The smallest absolute Gasteiger partial charge is 0.365 e. The Hall–Kier alpha value is -3.70. The number of nitrogens with zero attached hydrogens (tertiary/aromatic N) is 4. The van der Waals surface area contributed by atoms with Crippen molar-refractivity contribution in [2.75, 3.05) is 10.6 Å². The minimum absolute atomic E-state index is 0.0442. The Morgan fingerprint density at radius 2 is 2.03 bits per heavy atom. The van der Waals surface area contributed by atoms with Crippen molar-refractivity contribution in [3.8, 4) is 0 Å². The molecule has 0 saturated heterocycles. The van der Waals surface area contributed by atoms with E-state index in [1.807, 2.05) is 6.92 Å². The zero-order valence-corrected chi connectivity index (χ0v) is 15.7. The summed E-state index contributed by atoms with van der Waals surface area (Å²) in [6.07, 6.45) is -0.413. The molecule has 0 saturated carbocycles. The molecule has 1 amide bonds. The lowest BCUT2D eigenvalue weighted by atomic mass is 10.1. The van der Waals surface area contributed by atoms with Crippen molar-refractivity contribution >= 4 is 23.4 Å². The second-order valence-electron chi connectivity index (χ2n) is 6.15.